The van der Waals surface area contributed by atoms with Gasteiger partial charge in [0, 0.05) is 30.7 Å². The van der Waals surface area contributed by atoms with Gasteiger partial charge in [-0.25, -0.2) is 8.42 Å². The summed E-state index contributed by atoms with van der Waals surface area (Å²) in [6.45, 7) is 4.86. The Morgan fingerprint density at radius 3 is 2.37 bits per heavy atom. The third-order valence-corrected chi connectivity index (χ3v) is 9.53. The summed E-state index contributed by atoms with van der Waals surface area (Å²) in [5, 5.41) is 6.80. The van der Waals surface area contributed by atoms with Crippen LogP contribution in [0.2, 0.25) is 0 Å². The van der Waals surface area contributed by atoms with Crippen molar-refractivity contribution in [1.29, 1.82) is 0 Å². The van der Waals surface area contributed by atoms with Crippen LogP contribution in [0.3, 0.4) is 0 Å². The molecule has 4 N–H and O–H groups in total. The van der Waals surface area contributed by atoms with Crippen LogP contribution in [0.5, 0.6) is 5.75 Å². The first-order chi connectivity index (χ1) is 19.7. The van der Waals surface area contributed by atoms with Crippen LogP contribution in [0.4, 0.5) is 5.69 Å². The molecular formula is C32H42N4O4S. The molecule has 220 valence electrons. The molecule has 2 heterocycles. The van der Waals surface area contributed by atoms with Crippen molar-refractivity contribution >= 4 is 21.6 Å². The van der Waals surface area contributed by atoms with Gasteiger partial charge in [-0.3, -0.25) is 9.52 Å². The first-order valence-electron chi connectivity index (χ1n) is 14.8. The lowest BCUT2D eigenvalue weighted by Gasteiger charge is -2.38. The Labute approximate surface area is 243 Å². The fourth-order valence-corrected chi connectivity index (χ4v) is 7.02. The van der Waals surface area contributed by atoms with Gasteiger partial charge in [0.05, 0.1) is 16.7 Å². The minimum atomic E-state index is -3.81. The molecule has 2 aliphatic rings. The van der Waals surface area contributed by atoms with Crippen molar-refractivity contribution in [3.8, 4) is 5.75 Å². The van der Waals surface area contributed by atoms with Gasteiger partial charge in [0.25, 0.3) is 15.9 Å². The van der Waals surface area contributed by atoms with Crippen LogP contribution in [0.1, 0.15) is 92.5 Å². The summed E-state index contributed by atoms with van der Waals surface area (Å²) in [4.78, 5) is 16.6. The van der Waals surface area contributed by atoms with Gasteiger partial charge in [-0.2, -0.15) is 0 Å². The molecule has 0 atom stereocenters. The largest absolute Gasteiger partial charge is 0.489 e. The normalized spacial score (nSPS) is 17.2. The first kappa shape index (κ1) is 29.2. The van der Waals surface area contributed by atoms with E-state index in [1.165, 1.54) is 62.6 Å². The Kier molecular flexibility index (Phi) is 9.04. The highest BCUT2D eigenvalue weighted by Gasteiger charge is 2.35. The minimum Gasteiger partial charge on any atom is -0.489 e. The molecule has 0 unspecified atom stereocenters. The maximum atomic E-state index is 13.0. The Bertz CT molecular complexity index is 1440. The van der Waals surface area contributed by atoms with Crippen molar-refractivity contribution in [3.05, 3.63) is 77.1 Å². The van der Waals surface area contributed by atoms with Crippen molar-refractivity contribution in [2.45, 2.75) is 101 Å². The number of nitrogens with one attached hydrogen (secondary N) is 4. The summed E-state index contributed by atoms with van der Waals surface area (Å²) in [7, 11) is -3.81. The van der Waals surface area contributed by atoms with Gasteiger partial charge < -0.3 is 20.4 Å². The maximum absolute atomic E-state index is 13.0. The van der Waals surface area contributed by atoms with Crippen LogP contribution in [-0.4, -0.2) is 31.0 Å². The van der Waals surface area contributed by atoms with Crippen molar-refractivity contribution < 1.29 is 17.9 Å². The predicted molar refractivity (Wildman–Crippen MR) is 162 cm³/mol. The number of amides is 1. The van der Waals surface area contributed by atoms with Gasteiger partial charge in [0.15, 0.2) is 0 Å². The summed E-state index contributed by atoms with van der Waals surface area (Å²) < 4.78 is 34.4. The van der Waals surface area contributed by atoms with Crippen LogP contribution in [0.15, 0.2) is 59.5 Å². The van der Waals surface area contributed by atoms with Gasteiger partial charge in [0.1, 0.15) is 11.4 Å². The van der Waals surface area contributed by atoms with E-state index >= 15 is 0 Å². The summed E-state index contributed by atoms with van der Waals surface area (Å²) in [6, 6.07) is 15.5. The van der Waals surface area contributed by atoms with Gasteiger partial charge in [-0.1, -0.05) is 62.8 Å². The number of sulfonamides is 1. The Morgan fingerprint density at radius 2 is 1.66 bits per heavy atom. The van der Waals surface area contributed by atoms with Crippen molar-refractivity contribution in [2.75, 3.05) is 4.72 Å². The van der Waals surface area contributed by atoms with Crippen molar-refractivity contribution in [2.24, 2.45) is 0 Å². The van der Waals surface area contributed by atoms with Crippen LogP contribution in [-0.2, 0) is 29.5 Å². The molecular weight excluding hydrogens is 536 g/mol. The van der Waals surface area contributed by atoms with Crippen LogP contribution in [0.25, 0.3) is 0 Å². The average molecular weight is 579 g/mol. The lowest BCUT2D eigenvalue weighted by molar-refractivity contribution is 0.0946. The van der Waals surface area contributed by atoms with Gasteiger partial charge >= 0.3 is 0 Å². The molecule has 1 aliphatic heterocycles. The molecule has 2 aromatic carbocycles. The zero-order valence-electron chi connectivity index (χ0n) is 24.1. The molecule has 8 nitrogen and oxygen atoms in total. The Morgan fingerprint density at radius 1 is 0.976 bits per heavy atom. The molecule has 0 saturated heterocycles. The third kappa shape index (κ3) is 7.32. The summed E-state index contributed by atoms with van der Waals surface area (Å²) in [5.41, 5.74) is 4.25. The number of carbonyl (C=O) groups is 1. The summed E-state index contributed by atoms with van der Waals surface area (Å²) in [5.74, 6) is 0.311. The second kappa shape index (κ2) is 12.7. The van der Waals surface area contributed by atoms with E-state index in [0.29, 0.717) is 23.7 Å². The fraction of sp³-hybridized carbons (Fsp3) is 0.469. The molecule has 1 amide bonds. The van der Waals surface area contributed by atoms with Crippen LogP contribution < -0.4 is 20.1 Å². The summed E-state index contributed by atoms with van der Waals surface area (Å²) >= 11 is 0. The monoisotopic (exact) mass is 578 g/mol. The van der Waals surface area contributed by atoms with E-state index in [-0.39, 0.29) is 22.4 Å². The van der Waals surface area contributed by atoms with E-state index < -0.39 is 10.0 Å². The molecule has 0 radical (unpaired) electrons. The molecule has 1 aliphatic carbocycles. The molecule has 1 fully saturated rings. The van der Waals surface area contributed by atoms with E-state index in [1.54, 1.807) is 48.5 Å². The first-order valence-corrected chi connectivity index (χ1v) is 16.3. The number of ether oxygens (including phenoxy) is 1. The highest BCUT2D eigenvalue weighted by molar-refractivity contribution is 7.92. The number of H-pyrrole nitrogens is 1. The van der Waals surface area contributed by atoms with E-state index in [0.717, 1.165) is 18.5 Å². The third-order valence-electron chi connectivity index (χ3n) is 8.15. The molecule has 5 rings (SSSR count). The second-order valence-corrected chi connectivity index (χ2v) is 13.4. The molecule has 1 aromatic heterocycles. The lowest BCUT2D eigenvalue weighted by Crippen LogP contribution is -2.49. The van der Waals surface area contributed by atoms with E-state index in [2.05, 4.69) is 20.3 Å². The number of benzene rings is 2. The number of rotatable bonds is 8. The Hall–Kier alpha value is -3.30. The highest BCUT2D eigenvalue weighted by atomic mass is 32.2. The van der Waals surface area contributed by atoms with Crippen molar-refractivity contribution in [1.82, 2.24) is 15.6 Å². The number of hydrogen-bond donors (Lipinski definition) is 4. The SMILES string of the molecule is CC(C)Oc1ccccc1NS(=O)(=O)c1ccc(CNC(=O)c2cc3c([nH]2)CC2(CCCCCCCC2)NC3)cc1. The van der Waals surface area contributed by atoms with Crippen LogP contribution >= 0.6 is 0 Å². The highest BCUT2D eigenvalue weighted by Crippen LogP contribution is 2.34. The topological polar surface area (TPSA) is 112 Å². The molecule has 9 heteroatoms. The maximum Gasteiger partial charge on any atom is 0.267 e. The number of aromatic nitrogens is 1. The number of fused-ring (bicyclic) bond motifs is 1. The quantitative estimate of drug-likeness (QED) is 0.260. The zero-order chi connectivity index (χ0) is 28.9. The standard InChI is InChI=1S/C32H42N4O4S/c1-23(2)40-30-12-8-7-11-27(30)36-41(38,39)26-15-13-24(14-16-26)21-33-31(37)28-19-25-22-34-32(20-29(25)35-28)17-9-5-3-4-6-10-18-32/h7-8,11-16,19,23,34-36H,3-6,9-10,17-18,20-22H2,1-2H3,(H,33,37). The molecule has 3 aromatic rings. The molecule has 1 saturated carbocycles. The number of para-hydroxylation sites is 2. The fourth-order valence-electron chi connectivity index (χ4n) is 5.95. The number of hydrogen-bond acceptors (Lipinski definition) is 5. The molecule has 41 heavy (non-hydrogen) atoms. The molecule has 1 spiro atoms. The zero-order valence-corrected chi connectivity index (χ0v) is 24.9. The number of aromatic amines is 1. The number of anilines is 1. The van der Waals surface area contributed by atoms with E-state index in [4.69, 9.17) is 4.74 Å². The second-order valence-electron chi connectivity index (χ2n) is 11.7. The molecule has 0 bridgehead atoms. The van der Waals surface area contributed by atoms with Gasteiger partial charge in [0.2, 0.25) is 0 Å². The smallest absolute Gasteiger partial charge is 0.267 e. The lowest BCUT2D eigenvalue weighted by atomic mass is 9.80. The van der Waals surface area contributed by atoms with Crippen molar-refractivity contribution in [3.63, 3.8) is 0 Å². The Balaban J connectivity index is 1.19. The number of carbonyl (C=O) groups excluding carboxylic acids is 1. The van der Waals surface area contributed by atoms with Gasteiger partial charge in [-0.05, 0) is 68.1 Å². The summed E-state index contributed by atoms with van der Waals surface area (Å²) in [6.07, 6.45) is 11.0. The van der Waals surface area contributed by atoms with Crippen LogP contribution in [0, 0.1) is 0 Å². The minimum absolute atomic E-state index is 0.0874. The van der Waals surface area contributed by atoms with Gasteiger partial charge in [-0.15, -0.1) is 0 Å². The van der Waals surface area contributed by atoms with E-state index in [9.17, 15) is 13.2 Å². The van der Waals surface area contributed by atoms with E-state index in [1.807, 2.05) is 19.9 Å². The average Bonchev–Trinajstić information content (AvgIpc) is 3.41. The predicted octanol–water partition coefficient (Wildman–Crippen LogP) is 6.05.